The van der Waals surface area contributed by atoms with Crippen LogP contribution in [0.2, 0.25) is 0 Å². The van der Waals surface area contributed by atoms with Crippen LogP contribution < -0.4 is 0 Å². The lowest BCUT2D eigenvalue weighted by atomic mass is 9.81. The average Bonchev–Trinajstić information content (AvgIpc) is 2.67. The van der Waals surface area contributed by atoms with Gasteiger partial charge in [-0.15, -0.1) is 0 Å². The fraction of sp³-hybridized carbons (Fsp3) is 0.300. The second-order valence-corrected chi connectivity index (χ2v) is 6.59. The maximum Gasteiger partial charge on any atom is 0.277 e. The highest BCUT2D eigenvalue weighted by Crippen LogP contribution is 2.39. The monoisotopic (exact) mass is 352 g/mol. The van der Waals surface area contributed by atoms with Gasteiger partial charge in [-0.05, 0) is 61.4 Å². The number of rotatable bonds is 3. The molecule has 1 saturated carbocycles. The molecular formula is C20H20N2O4. The van der Waals surface area contributed by atoms with E-state index in [4.69, 9.17) is 5.26 Å². The minimum absolute atomic E-state index is 0.0201. The molecule has 3 rings (SSSR count). The number of nitrogens with zero attached hydrogens (tertiary/aromatic N) is 2. The van der Waals surface area contributed by atoms with Gasteiger partial charge in [0.15, 0.2) is 0 Å². The SMILES string of the molecule is N#Cc1cccc(C(=O)N(O)C2CCC(c3ccc(O)cc3O)CC2)c1. The van der Waals surface area contributed by atoms with Crippen molar-refractivity contribution in [3.8, 4) is 17.6 Å². The van der Waals surface area contributed by atoms with Crippen LogP contribution in [-0.4, -0.2) is 32.4 Å². The molecule has 3 N–H and O–H groups in total. The highest BCUT2D eigenvalue weighted by molar-refractivity contribution is 5.94. The van der Waals surface area contributed by atoms with Gasteiger partial charge in [0.25, 0.3) is 5.91 Å². The summed E-state index contributed by atoms with van der Waals surface area (Å²) in [6.07, 6.45) is 2.63. The van der Waals surface area contributed by atoms with Gasteiger partial charge in [0, 0.05) is 11.6 Å². The third-order valence-electron chi connectivity index (χ3n) is 4.94. The molecule has 0 aromatic heterocycles. The van der Waals surface area contributed by atoms with Gasteiger partial charge in [0.05, 0.1) is 17.7 Å². The van der Waals surface area contributed by atoms with Crippen molar-refractivity contribution in [2.45, 2.75) is 37.6 Å². The molecule has 0 aliphatic heterocycles. The molecule has 1 fully saturated rings. The third kappa shape index (κ3) is 3.63. The van der Waals surface area contributed by atoms with Crippen molar-refractivity contribution in [3.63, 3.8) is 0 Å². The Morgan fingerprint density at radius 1 is 1.08 bits per heavy atom. The first kappa shape index (κ1) is 17.8. The number of carbonyl (C=O) groups excluding carboxylic acids is 1. The molecule has 1 amide bonds. The number of phenolic OH excluding ortho intramolecular Hbond substituents is 2. The molecule has 0 heterocycles. The Bertz CT molecular complexity index is 851. The number of aromatic hydroxyl groups is 2. The molecule has 0 atom stereocenters. The predicted molar refractivity (Wildman–Crippen MR) is 93.9 cm³/mol. The van der Waals surface area contributed by atoms with Crippen LogP contribution in [0.15, 0.2) is 42.5 Å². The van der Waals surface area contributed by atoms with Crippen LogP contribution in [-0.2, 0) is 0 Å². The zero-order valence-electron chi connectivity index (χ0n) is 14.2. The number of amides is 1. The Morgan fingerprint density at radius 3 is 2.46 bits per heavy atom. The Hall–Kier alpha value is -3.04. The summed E-state index contributed by atoms with van der Waals surface area (Å²) in [6.45, 7) is 0. The van der Waals surface area contributed by atoms with Crippen LogP contribution in [0.3, 0.4) is 0 Å². The average molecular weight is 352 g/mol. The number of hydroxylamine groups is 2. The fourth-order valence-corrected chi connectivity index (χ4v) is 3.53. The predicted octanol–water partition coefficient (Wildman–Crippen LogP) is 3.53. The highest BCUT2D eigenvalue weighted by Gasteiger charge is 2.30. The summed E-state index contributed by atoms with van der Waals surface area (Å²) in [5, 5.41) is 39.4. The summed E-state index contributed by atoms with van der Waals surface area (Å²) in [4.78, 5) is 12.5. The summed E-state index contributed by atoms with van der Waals surface area (Å²) in [7, 11) is 0. The van der Waals surface area contributed by atoms with Crippen molar-refractivity contribution in [2.24, 2.45) is 0 Å². The number of hydrogen-bond donors (Lipinski definition) is 3. The van der Waals surface area contributed by atoms with Crippen LogP contribution in [0.25, 0.3) is 0 Å². The van der Waals surface area contributed by atoms with E-state index in [2.05, 4.69) is 0 Å². The first-order valence-electron chi connectivity index (χ1n) is 8.54. The standard InChI is InChI=1S/C20H20N2O4/c21-12-13-2-1-3-15(10-13)20(25)22(26)16-6-4-14(5-7-16)18-9-8-17(23)11-19(18)24/h1-3,8-11,14,16,23-24,26H,4-7H2. The van der Waals surface area contributed by atoms with Crippen LogP contribution in [0.1, 0.15) is 53.1 Å². The van der Waals surface area contributed by atoms with E-state index >= 15 is 0 Å². The van der Waals surface area contributed by atoms with E-state index in [-0.39, 0.29) is 29.0 Å². The summed E-state index contributed by atoms with van der Waals surface area (Å²) >= 11 is 0. The van der Waals surface area contributed by atoms with Crippen LogP contribution in [0.5, 0.6) is 11.5 Å². The van der Waals surface area contributed by atoms with Crippen molar-refractivity contribution in [1.29, 1.82) is 5.26 Å². The van der Waals surface area contributed by atoms with Gasteiger partial charge in [-0.1, -0.05) is 12.1 Å². The van der Waals surface area contributed by atoms with Gasteiger partial charge < -0.3 is 10.2 Å². The van der Waals surface area contributed by atoms with Crippen LogP contribution in [0, 0.1) is 11.3 Å². The second-order valence-electron chi connectivity index (χ2n) is 6.59. The van der Waals surface area contributed by atoms with Crippen molar-refractivity contribution in [2.75, 3.05) is 0 Å². The van der Waals surface area contributed by atoms with Crippen molar-refractivity contribution in [1.82, 2.24) is 5.06 Å². The summed E-state index contributed by atoms with van der Waals surface area (Å²) in [5.41, 5.74) is 1.43. The molecule has 1 aliphatic carbocycles. The van der Waals surface area contributed by atoms with Gasteiger partial charge in [0.1, 0.15) is 11.5 Å². The Balaban J connectivity index is 1.65. The van der Waals surface area contributed by atoms with Gasteiger partial charge in [0.2, 0.25) is 0 Å². The van der Waals surface area contributed by atoms with E-state index in [1.807, 2.05) is 6.07 Å². The minimum Gasteiger partial charge on any atom is -0.508 e. The molecule has 1 aliphatic rings. The van der Waals surface area contributed by atoms with Gasteiger partial charge in [-0.3, -0.25) is 10.0 Å². The molecular weight excluding hydrogens is 332 g/mol. The topological polar surface area (TPSA) is 105 Å². The summed E-state index contributed by atoms with van der Waals surface area (Å²) in [5.74, 6) is -0.305. The van der Waals surface area contributed by atoms with Gasteiger partial charge in [-0.25, -0.2) is 5.06 Å². The summed E-state index contributed by atoms with van der Waals surface area (Å²) < 4.78 is 0. The molecule has 0 saturated heterocycles. The Kier molecular flexibility index (Phi) is 5.10. The molecule has 0 bridgehead atoms. The molecule has 0 radical (unpaired) electrons. The highest BCUT2D eigenvalue weighted by atomic mass is 16.5. The van der Waals surface area contributed by atoms with Crippen molar-refractivity contribution >= 4 is 5.91 Å². The van der Waals surface area contributed by atoms with E-state index < -0.39 is 5.91 Å². The molecule has 0 spiro atoms. The lowest BCUT2D eigenvalue weighted by molar-refractivity contribution is -0.0974. The lowest BCUT2D eigenvalue weighted by Crippen LogP contribution is -2.39. The minimum atomic E-state index is -0.516. The van der Waals surface area contributed by atoms with E-state index in [1.165, 1.54) is 12.1 Å². The molecule has 134 valence electrons. The zero-order chi connectivity index (χ0) is 18.7. The molecule has 2 aromatic carbocycles. The normalized spacial score (nSPS) is 19.5. The van der Waals surface area contributed by atoms with Gasteiger partial charge >= 0.3 is 0 Å². The van der Waals surface area contributed by atoms with E-state index in [0.29, 0.717) is 31.2 Å². The molecule has 2 aromatic rings. The largest absolute Gasteiger partial charge is 0.508 e. The first-order valence-corrected chi connectivity index (χ1v) is 8.54. The Labute approximate surface area is 151 Å². The molecule has 6 heteroatoms. The number of benzene rings is 2. The van der Waals surface area contributed by atoms with E-state index in [9.17, 15) is 20.2 Å². The quantitative estimate of drug-likeness (QED) is 0.579. The zero-order valence-corrected chi connectivity index (χ0v) is 14.2. The lowest BCUT2D eigenvalue weighted by Gasteiger charge is -2.33. The Morgan fingerprint density at radius 2 is 1.81 bits per heavy atom. The smallest absolute Gasteiger partial charge is 0.277 e. The van der Waals surface area contributed by atoms with Gasteiger partial charge in [-0.2, -0.15) is 5.26 Å². The van der Waals surface area contributed by atoms with Crippen molar-refractivity contribution < 1.29 is 20.2 Å². The van der Waals surface area contributed by atoms with Crippen molar-refractivity contribution in [3.05, 3.63) is 59.2 Å². The number of nitriles is 1. The number of carbonyl (C=O) groups is 1. The summed E-state index contributed by atoms with van der Waals surface area (Å²) in [6, 6.07) is 12.5. The van der Waals surface area contributed by atoms with E-state index in [1.54, 1.807) is 30.3 Å². The number of hydrogen-bond acceptors (Lipinski definition) is 5. The third-order valence-corrected chi connectivity index (χ3v) is 4.94. The molecule has 6 nitrogen and oxygen atoms in total. The first-order chi connectivity index (χ1) is 12.5. The maximum atomic E-state index is 12.5. The molecule has 26 heavy (non-hydrogen) atoms. The number of phenols is 2. The fourth-order valence-electron chi connectivity index (χ4n) is 3.53. The van der Waals surface area contributed by atoms with Crippen LogP contribution >= 0.6 is 0 Å². The maximum absolute atomic E-state index is 12.5. The second kappa shape index (κ2) is 7.46. The molecule has 0 unspecified atom stereocenters. The van der Waals surface area contributed by atoms with Crippen LogP contribution in [0.4, 0.5) is 0 Å². The van der Waals surface area contributed by atoms with E-state index in [0.717, 1.165) is 10.6 Å².